The van der Waals surface area contributed by atoms with Gasteiger partial charge in [-0.25, -0.2) is 0 Å². The summed E-state index contributed by atoms with van der Waals surface area (Å²) in [5, 5.41) is 3.75. The lowest BCUT2D eigenvalue weighted by atomic mass is 10.1. The number of hydrogen-bond acceptors (Lipinski definition) is 2. The molecule has 0 bridgehead atoms. The molecule has 6 heteroatoms. The van der Waals surface area contributed by atoms with Gasteiger partial charge in [0.25, 0.3) is 0 Å². The van der Waals surface area contributed by atoms with Crippen molar-refractivity contribution in [2.45, 2.75) is 25.6 Å². The number of rotatable bonds is 7. The number of ether oxygens (including phenoxy) is 1. The molecule has 19 heavy (non-hydrogen) atoms. The zero-order valence-electron chi connectivity index (χ0n) is 10.6. The molecular formula is C13H17ClF3NO. The molecule has 0 radical (unpaired) electrons. The molecule has 1 aromatic rings. The Morgan fingerprint density at radius 1 is 1.26 bits per heavy atom. The number of benzene rings is 1. The van der Waals surface area contributed by atoms with Crippen molar-refractivity contribution in [2.75, 3.05) is 19.8 Å². The van der Waals surface area contributed by atoms with Gasteiger partial charge in [-0.05, 0) is 30.7 Å². The fourth-order valence-corrected chi connectivity index (χ4v) is 1.71. The van der Waals surface area contributed by atoms with Gasteiger partial charge in [0.15, 0.2) is 0 Å². The van der Waals surface area contributed by atoms with Crippen LogP contribution in [0.3, 0.4) is 0 Å². The SMILES string of the molecule is CCCNC(COCC(F)(F)F)c1ccc(Cl)cc1. The summed E-state index contributed by atoms with van der Waals surface area (Å²) in [5.41, 5.74) is 0.861. The van der Waals surface area contributed by atoms with Crippen LogP contribution in [0.15, 0.2) is 24.3 Å². The first kappa shape index (κ1) is 16.3. The van der Waals surface area contributed by atoms with Crippen LogP contribution in [0.5, 0.6) is 0 Å². The molecule has 0 spiro atoms. The van der Waals surface area contributed by atoms with E-state index in [0.29, 0.717) is 11.6 Å². The summed E-state index contributed by atoms with van der Waals surface area (Å²) in [7, 11) is 0. The summed E-state index contributed by atoms with van der Waals surface area (Å²) in [5.74, 6) is 0. The van der Waals surface area contributed by atoms with Gasteiger partial charge in [-0.1, -0.05) is 30.7 Å². The van der Waals surface area contributed by atoms with E-state index in [1.807, 2.05) is 6.92 Å². The van der Waals surface area contributed by atoms with E-state index in [0.717, 1.165) is 12.0 Å². The monoisotopic (exact) mass is 295 g/mol. The van der Waals surface area contributed by atoms with E-state index in [1.54, 1.807) is 24.3 Å². The van der Waals surface area contributed by atoms with Gasteiger partial charge in [0.2, 0.25) is 0 Å². The molecule has 1 rings (SSSR count). The molecule has 0 aliphatic heterocycles. The normalized spacial score (nSPS) is 13.5. The highest BCUT2D eigenvalue weighted by atomic mass is 35.5. The molecule has 0 amide bonds. The van der Waals surface area contributed by atoms with E-state index >= 15 is 0 Å². The average Bonchev–Trinajstić information content (AvgIpc) is 2.33. The fourth-order valence-electron chi connectivity index (χ4n) is 1.58. The summed E-state index contributed by atoms with van der Waals surface area (Å²) >= 11 is 5.78. The van der Waals surface area contributed by atoms with Gasteiger partial charge in [-0.3, -0.25) is 0 Å². The average molecular weight is 296 g/mol. The maximum absolute atomic E-state index is 12.1. The topological polar surface area (TPSA) is 21.3 Å². The molecule has 1 N–H and O–H groups in total. The first-order valence-corrected chi connectivity index (χ1v) is 6.43. The Kier molecular flexibility index (Phi) is 6.62. The largest absolute Gasteiger partial charge is 0.411 e. The molecule has 0 aromatic heterocycles. The van der Waals surface area contributed by atoms with Crippen LogP contribution in [0.4, 0.5) is 13.2 Å². The Labute approximate surface area is 115 Å². The van der Waals surface area contributed by atoms with E-state index < -0.39 is 12.8 Å². The molecule has 1 atom stereocenters. The van der Waals surface area contributed by atoms with Crippen LogP contribution < -0.4 is 5.32 Å². The highest BCUT2D eigenvalue weighted by Gasteiger charge is 2.28. The lowest BCUT2D eigenvalue weighted by Crippen LogP contribution is -2.28. The molecule has 0 heterocycles. The van der Waals surface area contributed by atoms with Crippen LogP contribution >= 0.6 is 11.6 Å². The number of alkyl halides is 3. The van der Waals surface area contributed by atoms with Crippen LogP contribution in [0, 0.1) is 0 Å². The van der Waals surface area contributed by atoms with Gasteiger partial charge in [-0.15, -0.1) is 0 Å². The van der Waals surface area contributed by atoms with Crippen molar-refractivity contribution in [1.29, 1.82) is 0 Å². The molecule has 108 valence electrons. The van der Waals surface area contributed by atoms with Gasteiger partial charge < -0.3 is 10.1 Å². The second-order valence-electron chi connectivity index (χ2n) is 4.19. The Morgan fingerprint density at radius 2 is 1.89 bits per heavy atom. The molecule has 2 nitrogen and oxygen atoms in total. The van der Waals surface area contributed by atoms with Crippen molar-refractivity contribution in [3.63, 3.8) is 0 Å². The van der Waals surface area contributed by atoms with Crippen molar-refractivity contribution in [3.05, 3.63) is 34.9 Å². The third-order valence-corrected chi connectivity index (χ3v) is 2.72. The molecule has 1 aromatic carbocycles. The van der Waals surface area contributed by atoms with Crippen LogP contribution in [0.25, 0.3) is 0 Å². The molecule has 0 fully saturated rings. The van der Waals surface area contributed by atoms with Crippen LogP contribution in [0.2, 0.25) is 5.02 Å². The lowest BCUT2D eigenvalue weighted by Gasteiger charge is -2.19. The minimum absolute atomic E-state index is 0.0266. The third kappa shape index (κ3) is 6.80. The predicted molar refractivity (Wildman–Crippen MR) is 69.4 cm³/mol. The Morgan fingerprint density at radius 3 is 2.42 bits per heavy atom. The maximum Gasteiger partial charge on any atom is 0.411 e. The van der Waals surface area contributed by atoms with Crippen LogP contribution in [-0.2, 0) is 4.74 Å². The Bertz CT molecular complexity index is 367. The second kappa shape index (κ2) is 7.72. The van der Waals surface area contributed by atoms with Crippen molar-refractivity contribution < 1.29 is 17.9 Å². The van der Waals surface area contributed by atoms with E-state index in [-0.39, 0.29) is 12.6 Å². The van der Waals surface area contributed by atoms with E-state index in [4.69, 9.17) is 16.3 Å². The second-order valence-corrected chi connectivity index (χ2v) is 4.63. The van der Waals surface area contributed by atoms with Crippen molar-refractivity contribution >= 4 is 11.6 Å². The zero-order chi connectivity index (χ0) is 14.3. The van der Waals surface area contributed by atoms with Crippen LogP contribution in [-0.4, -0.2) is 25.9 Å². The number of nitrogens with one attached hydrogen (secondary N) is 1. The highest BCUT2D eigenvalue weighted by Crippen LogP contribution is 2.19. The summed E-state index contributed by atoms with van der Waals surface area (Å²) in [6.07, 6.45) is -3.40. The smallest absolute Gasteiger partial charge is 0.370 e. The van der Waals surface area contributed by atoms with Gasteiger partial charge in [0.05, 0.1) is 12.6 Å². The van der Waals surface area contributed by atoms with E-state index in [9.17, 15) is 13.2 Å². The standard InChI is InChI=1S/C13H17ClF3NO/c1-2-7-18-12(8-19-9-13(15,16)17)10-3-5-11(14)6-4-10/h3-6,12,18H,2,7-9H2,1H3. The molecule has 0 aliphatic carbocycles. The van der Waals surface area contributed by atoms with Crippen molar-refractivity contribution in [3.8, 4) is 0 Å². The summed E-state index contributed by atoms with van der Waals surface area (Å²) in [6.45, 7) is 1.44. The minimum Gasteiger partial charge on any atom is -0.370 e. The molecule has 1 unspecified atom stereocenters. The first-order chi connectivity index (χ1) is 8.92. The van der Waals surface area contributed by atoms with Gasteiger partial charge in [-0.2, -0.15) is 13.2 Å². The van der Waals surface area contributed by atoms with Gasteiger partial charge in [0, 0.05) is 5.02 Å². The number of hydrogen-bond donors (Lipinski definition) is 1. The Balaban J connectivity index is 2.58. The summed E-state index contributed by atoms with van der Waals surface area (Å²) in [4.78, 5) is 0. The molecule has 0 saturated carbocycles. The van der Waals surface area contributed by atoms with Crippen molar-refractivity contribution in [2.24, 2.45) is 0 Å². The van der Waals surface area contributed by atoms with Gasteiger partial charge >= 0.3 is 6.18 Å². The zero-order valence-corrected chi connectivity index (χ0v) is 11.4. The quantitative estimate of drug-likeness (QED) is 0.822. The molecule has 0 saturated heterocycles. The van der Waals surface area contributed by atoms with Crippen LogP contribution in [0.1, 0.15) is 24.9 Å². The van der Waals surface area contributed by atoms with Gasteiger partial charge in [0.1, 0.15) is 6.61 Å². The molecule has 0 aliphatic rings. The summed E-state index contributed by atoms with van der Waals surface area (Å²) in [6, 6.07) is 6.72. The molecular weight excluding hydrogens is 279 g/mol. The summed E-state index contributed by atoms with van der Waals surface area (Å²) < 4.78 is 40.9. The predicted octanol–water partition coefficient (Wildman–Crippen LogP) is 3.96. The van der Waals surface area contributed by atoms with E-state index in [2.05, 4.69) is 5.32 Å². The maximum atomic E-state index is 12.1. The number of halogens is 4. The lowest BCUT2D eigenvalue weighted by molar-refractivity contribution is -0.175. The van der Waals surface area contributed by atoms with E-state index in [1.165, 1.54) is 0 Å². The third-order valence-electron chi connectivity index (χ3n) is 2.46. The Hall–Kier alpha value is -0.780. The fraction of sp³-hybridized carbons (Fsp3) is 0.538. The van der Waals surface area contributed by atoms with Crippen molar-refractivity contribution in [1.82, 2.24) is 5.32 Å². The minimum atomic E-state index is -4.30. The highest BCUT2D eigenvalue weighted by molar-refractivity contribution is 6.30. The first-order valence-electron chi connectivity index (χ1n) is 6.05.